The molecule has 2 aliphatic rings. The van der Waals surface area contributed by atoms with Gasteiger partial charge in [0.05, 0.1) is 23.2 Å². The van der Waals surface area contributed by atoms with Crippen LogP contribution in [-0.2, 0) is 14.3 Å². The predicted molar refractivity (Wildman–Crippen MR) is 115 cm³/mol. The van der Waals surface area contributed by atoms with E-state index in [1.807, 2.05) is 31.2 Å². The van der Waals surface area contributed by atoms with Gasteiger partial charge in [-0.2, -0.15) is 0 Å². The summed E-state index contributed by atoms with van der Waals surface area (Å²) >= 11 is 2.80. The minimum absolute atomic E-state index is 0.0597. The third-order valence-electron chi connectivity index (χ3n) is 4.86. The van der Waals surface area contributed by atoms with Crippen molar-refractivity contribution in [3.63, 3.8) is 0 Å². The lowest BCUT2D eigenvalue weighted by Crippen LogP contribution is -2.40. The lowest BCUT2D eigenvalue weighted by atomic mass is 10.2. The smallest absolute Gasteiger partial charge is 0.237 e. The number of aromatic nitrogens is 2. The largest absolute Gasteiger partial charge is 0.376 e. The van der Waals surface area contributed by atoms with Gasteiger partial charge in [-0.1, -0.05) is 35.2 Å². The Morgan fingerprint density at radius 2 is 2.28 bits per heavy atom. The molecule has 1 aromatic heterocycles. The van der Waals surface area contributed by atoms with E-state index in [2.05, 4.69) is 20.8 Å². The number of amides is 2. The zero-order chi connectivity index (χ0) is 20.2. The molecule has 154 valence electrons. The van der Waals surface area contributed by atoms with Crippen LogP contribution in [0.2, 0.25) is 0 Å². The van der Waals surface area contributed by atoms with Crippen molar-refractivity contribution in [3.8, 4) is 0 Å². The number of nitrogens with one attached hydrogen (secondary N) is 2. The van der Waals surface area contributed by atoms with Gasteiger partial charge in [-0.05, 0) is 31.9 Å². The summed E-state index contributed by atoms with van der Waals surface area (Å²) in [4.78, 5) is 26.8. The SMILES string of the molecule is C[C@H]1CC(=O)Nc2ccccc2N1C(=O)CSc1nnc(NC[C@H]2CCCO2)s1. The van der Waals surface area contributed by atoms with Crippen LogP contribution in [0, 0.1) is 0 Å². The summed E-state index contributed by atoms with van der Waals surface area (Å²) in [5.74, 6) is 0.0854. The van der Waals surface area contributed by atoms with Crippen LogP contribution in [0.5, 0.6) is 0 Å². The molecule has 1 aromatic carbocycles. The molecule has 0 aliphatic carbocycles. The summed E-state index contributed by atoms with van der Waals surface area (Å²) in [6, 6.07) is 7.17. The van der Waals surface area contributed by atoms with Gasteiger partial charge in [-0.15, -0.1) is 10.2 Å². The zero-order valence-electron chi connectivity index (χ0n) is 16.1. The number of ether oxygens (including phenoxy) is 1. The highest BCUT2D eigenvalue weighted by Gasteiger charge is 2.29. The molecule has 1 fully saturated rings. The number of benzene rings is 1. The molecule has 1 saturated heterocycles. The Balaban J connectivity index is 1.37. The van der Waals surface area contributed by atoms with E-state index in [4.69, 9.17) is 4.74 Å². The Morgan fingerprint density at radius 3 is 3.10 bits per heavy atom. The van der Waals surface area contributed by atoms with Crippen molar-refractivity contribution in [3.05, 3.63) is 24.3 Å². The van der Waals surface area contributed by atoms with Crippen LogP contribution in [0.3, 0.4) is 0 Å². The van der Waals surface area contributed by atoms with Gasteiger partial charge in [0.2, 0.25) is 16.9 Å². The average molecular weight is 434 g/mol. The second-order valence-electron chi connectivity index (χ2n) is 7.06. The van der Waals surface area contributed by atoms with Gasteiger partial charge in [-0.3, -0.25) is 9.59 Å². The number of para-hydroxylation sites is 2. The summed E-state index contributed by atoms with van der Waals surface area (Å²) in [6.07, 6.45) is 2.67. The van der Waals surface area contributed by atoms with Crippen molar-refractivity contribution in [2.45, 2.75) is 42.7 Å². The summed E-state index contributed by atoms with van der Waals surface area (Å²) in [7, 11) is 0. The van der Waals surface area contributed by atoms with Gasteiger partial charge in [0, 0.05) is 25.6 Å². The third kappa shape index (κ3) is 4.88. The maximum absolute atomic E-state index is 13.0. The Hall–Kier alpha value is -2.17. The second-order valence-corrected chi connectivity index (χ2v) is 9.26. The van der Waals surface area contributed by atoms with E-state index in [0.29, 0.717) is 5.69 Å². The Labute approximate surface area is 177 Å². The molecule has 2 amide bonds. The number of carbonyl (C=O) groups excluding carboxylic acids is 2. The van der Waals surface area contributed by atoms with Crippen LogP contribution in [-0.4, -0.2) is 53.1 Å². The molecule has 2 N–H and O–H groups in total. The quantitative estimate of drug-likeness (QED) is 0.676. The molecule has 0 saturated carbocycles. The highest BCUT2D eigenvalue weighted by molar-refractivity contribution is 8.01. The summed E-state index contributed by atoms with van der Waals surface area (Å²) in [5, 5.41) is 15.2. The first-order chi connectivity index (χ1) is 14.1. The fraction of sp³-hybridized carbons (Fsp3) is 0.474. The molecule has 0 bridgehead atoms. The van der Waals surface area contributed by atoms with Gasteiger partial charge >= 0.3 is 0 Å². The molecule has 29 heavy (non-hydrogen) atoms. The van der Waals surface area contributed by atoms with Gasteiger partial charge in [0.15, 0.2) is 4.34 Å². The van der Waals surface area contributed by atoms with Crippen LogP contribution < -0.4 is 15.5 Å². The maximum Gasteiger partial charge on any atom is 0.237 e. The highest BCUT2D eigenvalue weighted by Crippen LogP contribution is 2.33. The van der Waals surface area contributed by atoms with Crippen LogP contribution in [0.1, 0.15) is 26.2 Å². The van der Waals surface area contributed by atoms with Crippen molar-refractivity contribution in [2.24, 2.45) is 0 Å². The van der Waals surface area contributed by atoms with Gasteiger partial charge in [0.25, 0.3) is 0 Å². The predicted octanol–water partition coefficient (Wildman–Crippen LogP) is 2.99. The Morgan fingerprint density at radius 1 is 1.41 bits per heavy atom. The molecule has 2 aromatic rings. The lowest BCUT2D eigenvalue weighted by molar-refractivity contribution is -0.117. The normalized spacial score (nSPS) is 21.4. The Kier molecular flexibility index (Phi) is 6.31. The monoisotopic (exact) mass is 433 g/mol. The van der Waals surface area contributed by atoms with E-state index in [0.717, 1.165) is 41.2 Å². The van der Waals surface area contributed by atoms with Gasteiger partial charge in [-0.25, -0.2) is 0 Å². The number of nitrogens with zero attached hydrogens (tertiary/aromatic N) is 3. The minimum atomic E-state index is -0.218. The van der Waals surface area contributed by atoms with E-state index in [9.17, 15) is 9.59 Å². The zero-order valence-corrected chi connectivity index (χ0v) is 17.7. The number of rotatable bonds is 6. The number of hydrogen-bond donors (Lipinski definition) is 2. The van der Waals surface area contributed by atoms with E-state index in [1.165, 1.54) is 23.1 Å². The molecule has 8 nitrogen and oxygen atoms in total. The molecular formula is C19H23N5O3S2. The van der Waals surface area contributed by atoms with Crippen molar-refractivity contribution in [1.29, 1.82) is 0 Å². The fourth-order valence-electron chi connectivity index (χ4n) is 3.51. The first-order valence-electron chi connectivity index (χ1n) is 9.63. The van der Waals surface area contributed by atoms with Gasteiger partial charge in [0.1, 0.15) is 0 Å². The van der Waals surface area contributed by atoms with Crippen molar-refractivity contribution in [2.75, 3.05) is 34.4 Å². The van der Waals surface area contributed by atoms with Crippen LogP contribution >= 0.6 is 23.1 Å². The summed E-state index contributed by atoms with van der Waals surface area (Å²) in [5.41, 5.74) is 1.39. The molecule has 10 heteroatoms. The lowest BCUT2D eigenvalue weighted by Gasteiger charge is -2.27. The molecule has 2 atom stereocenters. The van der Waals surface area contributed by atoms with Crippen LogP contribution in [0.25, 0.3) is 0 Å². The summed E-state index contributed by atoms with van der Waals surface area (Å²) < 4.78 is 6.33. The molecule has 0 unspecified atom stereocenters. The Bertz CT molecular complexity index is 884. The van der Waals surface area contributed by atoms with Crippen molar-refractivity contribution >= 4 is 51.4 Å². The number of hydrogen-bond acceptors (Lipinski definition) is 8. The molecule has 0 radical (unpaired) electrons. The van der Waals surface area contributed by atoms with E-state index >= 15 is 0 Å². The minimum Gasteiger partial charge on any atom is -0.376 e. The van der Waals surface area contributed by atoms with E-state index < -0.39 is 0 Å². The molecule has 2 aliphatic heterocycles. The topological polar surface area (TPSA) is 96.5 Å². The number of fused-ring (bicyclic) bond motifs is 1. The average Bonchev–Trinajstić information content (AvgIpc) is 3.35. The molecule has 0 spiro atoms. The number of carbonyl (C=O) groups is 2. The highest BCUT2D eigenvalue weighted by atomic mass is 32.2. The number of anilines is 3. The first kappa shape index (κ1) is 20.1. The standard InChI is InChI=1S/C19H23N5O3S2/c1-12-9-16(25)21-14-6-2-3-7-15(14)24(12)17(26)11-28-19-23-22-18(29-19)20-10-13-5-4-8-27-13/h2-3,6-7,12-13H,4-5,8-11H2,1H3,(H,20,22)(H,21,25)/t12-,13+/m0/s1. The maximum atomic E-state index is 13.0. The first-order valence-corrected chi connectivity index (χ1v) is 11.4. The fourth-order valence-corrected chi connectivity index (χ4v) is 5.12. The van der Waals surface area contributed by atoms with E-state index in [-0.39, 0.29) is 36.1 Å². The third-order valence-corrected chi connectivity index (χ3v) is 6.86. The van der Waals surface area contributed by atoms with Crippen LogP contribution in [0.4, 0.5) is 16.5 Å². The number of thioether (sulfide) groups is 1. The van der Waals surface area contributed by atoms with Crippen LogP contribution in [0.15, 0.2) is 28.6 Å². The molecule has 4 rings (SSSR count). The van der Waals surface area contributed by atoms with Crippen molar-refractivity contribution < 1.29 is 14.3 Å². The van der Waals surface area contributed by atoms with E-state index in [1.54, 1.807) is 4.90 Å². The molecule has 3 heterocycles. The molecular weight excluding hydrogens is 410 g/mol. The van der Waals surface area contributed by atoms with Gasteiger partial charge < -0.3 is 20.3 Å². The van der Waals surface area contributed by atoms with Crippen molar-refractivity contribution in [1.82, 2.24) is 10.2 Å². The second kappa shape index (κ2) is 9.10. The summed E-state index contributed by atoms with van der Waals surface area (Å²) in [6.45, 7) is 3.44.